The predicted octanol–water partition coefficient (Wildman–Crippen LogP) is 4.04. The van der Waals surface area contributed by atoms with Crippen molar-refractivity contribution >= 4 is 11.4 Å². The molecule has 118 valence electrons. The van der Waals surface area contributed by atoms with Crippen LogP contribution in [0, 0.1) is 10.1 Å². The van der Waals surface area contributed by atoms with Crippen molar-refractivity contribution in [3.63, 3.8) is 0 Å². The van der Waals surface area contributed by atoms with Crippen LogP contribution in [0.5, 0.6) is 0 Å². The lowest BCUT2D eigenvalue weighted by molar-refractivity contribution is -0.384. The lowest BCUT2D eigenvalue weighted by Gasteiger charge is -2.28. The van der Waals surface area contributed by atoms with E-state index in [4.69, 9.17) is 0 Å². The SMILES string of the molecule is CCCCN(Cc1ccc(NC)c([N+](=O)[O-])c1)C(C)CC. The van der Waals surface area contributed by atoms with Gasteiger partial charge in [-0.05, 0) is 37.9 Å². The zero-order valence-corrected chi connectivity index (χ0v) is 13.6. The molecule has 1 N–H and O–H groups in total. The van der Waals surface area contributed by atoms with Crippen LogP contribution in [0.2, 0.25) is 0 Å². The third kappa shape index (κ3) is 5.01. The number of rotatable bonds is 9. The van der Waals surface area contributed by atoms with E-state index in [9.17, 15) is 10.1 Å². The van der Waals surface area contributed by atoms with Crippen molar-refractivity contribution in [3.8, 4) is 0 Å². The predicted molar refractivity (Wildman–Crippen MR) is 87.7 cm³/mol. The highest BCUT2D eigenvalue weighted by atomic mass is 16.6. The molecule has 0 aliphatic heterocycles. The lowest BCUT2D eigenvalue weighted by Crippen LogP contribution is -2.33. The van der Waals surface area contributed by atoms with Crippen molar-refractivity contribution < 1.29 is 4.92 Å². The molecular weight excluding hydrogens is 266 g/mol. The Morgan fingerprint density at radius 1 is 1.38 bits per heavy atom. The smallest absolute Gasteiger partial charge is 0.292 e. The Kier molecular flexibility index (Phi) is 7.15. The summed E-state index contributed by atoms with van der Waals surface area (Å²) in [5, 5.41) is 14.0. The Hall–Kier alpha value is -1.62. The normalized spacial score (nSPS) is 12.4. The van der Waals surface area contributed by atoms with Gasteiger partial charge >= 0.3 is 0 Å². The van der Waals surface area contributed by atoms with Crippen LogP contribution in [-0.4, -0.2) is 29.5 Å². The number of hydrogen-bond donors (Lipinski definition) is 1. The van der Waals surface area contributed by atoms with Crippen LogP contribution in [0.15, 0.2) is 18.2 Å². The Bertz CT molecular complexity index is 463. The van der Waals surface area contributed by atoms with Crippen LogP contribution in [0.4, 0.5) is 11.4 Å². The van der Waals surface area contributed by atoms with Gasteiger partial charge < -0.3 is 5.32 Å². The first-order valence-corrected chi connectivity index (χ1v) is 7.72. The first-order valence-electron chi connectivity index (χ1n) is 7.72. The summed E-state index contributed by atoms with van der Waals surface area (Å²) in [5.74, 6) is 0. The summed E-state index contributed by atoms with van der Waals surface area (Å²) in [6.07, 6.45) is 3.40. The Labute approximate surface area is 127 Å². The third-order valence-corrected chi connectivity index (χ3v) is 3.93. The van der Waals surface area contributed by atoms with Crippen LogP contribution < -0.4 is 5.32 Å². The molecule has 1 aromatic carbocycles. The molecule has 5 heteroatoms. The van der Waals surface area contributed by atoms with Crippen LogP contribution >= 0.6 is 0 Å². The van der Waals surface area contributed by atoms with E-state index in [0.717, 1.165) is 37.9 Å². The second-order valence-electron chi connectivity index (χ2n) is 5.44. The fourth-order valence-electron chi connectivity index (χ4n) is 2.35. The van der Waals surface area contributed by atoms with Crippen molar-refractivity contribution in [2.75, 3.05) is 18.9 Å². The van der Waals surface area contributed by atoms with Gasteiger partial charge in [-0.15, -0.1) is 0 Å². The van der Waals surface area contributed by atoms with Crippen LogP contribution in [0.25, 0.3) is 0 Å². The Morgan fingerprint density at radius 3 is 2.62 bits per heavy atom. The number of nitrogens with one attached hydrogen (secondary N) is 1. The monoisotopic (exact) mass is 293 g/mol. The van der Waals surface area contributed by atoms with E-state index in [-0.39, 0.29) is 10.6 Å². The number of nitro groups is 1. The molecule has 0 aliphatic carbocycles. The number of hydrogen-bond acceptors (Lipinski definition) is 4. The van der Waals surface area contributed by atoms with Gasteiger partial charge in [0.2, 0.25) is 0 Å². The van der Waals surface area contributed by atoms with Gasteiger partial charge in [0.25, 0.3) is 5.69 Å². The van der Waals surface area contributed by atoms with E-state index >= 15 is 0 Å². The molecule has 21 heavy (non-hydrogen) atoms. The highest BCUT2D eigenvalue weighted by Gasteiger charge is 2.17. The first kappa shape index (κ1) is 17.4. The average Bonchev–Trinajstić information content (AvgIpc) is 2.50. The summed E-state index contributed by atoms with van der Waals surface area (Å²) in [7, 11) is 1.70. The zero-order valence-electron chi connectivity index (χ0n) is 13.6. The molecule has 0 aliphatic rings. The maximum absolute atomic E-state index is 11.1. The van der Waals surface area contributed by atoms with Crippen LogP contribution in [0.1, 0.15) is 45.6 Å². The molecule has 1 aromatic rings. The number of unbranched alkanes of at least 4 members (excludes halogenated alkanes) is 1. The molecule has 5 nitrogen and oxygen atoms in total. The molecule has 0 spiro atoms. The van der Waals surface area contributed by atoms with Gasteiger partial charge in [0.1, 0.15) is 5.69 Å². The highest BCUT2D eigenvalue weighted by Crippen LogP contribution is 2.26. The topological polar surface area (TPSA) is 58.4 Å². The van der Waals surface area contributed by atoms with E-state index < -0.39 is 0 Å². The molecule has 0 aromatic heterocycles. The standard InChI is InChI=1S/C16H27N3O2/c1-5-7-10-18(13(3)6-2)12-14-8-9-15(17-4)16(11-14)19(20)21/h8-9,11,13,17H,5-7,10,12H2,1-4H3. The molecule has 0 saturated carbocycles. The minimum atomic E-state index is -0.324. The third-order valence-electron chi connectivity index (χ3n) is 3.93. The molecule has 0 radical (unpaired) electrons. The maximum Gasteiger partial charge on any atom is 0.292 e. The first-order chi connectivity index (χ1) is 10.0. The minimum Gasteiger partial charge on any atom is -0.383 e. The maximum atomic E-state index is 11.1. The molecule has 1 unspecified atom stereocenters. The molecule has 0 fully saturated rings. The molecule has 1 atom stereocenters. The van der Waals surface area contributed by atoms with Crippen molar-refractivity contribution in [2.24, 2.45) is 0 Å². The second kappa shape index (κ2) is 8.62. The molecule has 1 rings (SSSR count). The van der Waals surface area contributed by atoms with Crippen LogP contribution in [-0.2, 0) is 6.54 Å². The number of nitrogens with zero attached hydrogens (tertiary/aromatic N) is 2. The van der Waals surface area contributed by atoms with Crippen LogP contribution in [0.3, 0.4) is 0 Å². The second-order valence-corrected chi connectivity index (χ2v) is 5.44. The Balaban J connectivity index is 2.92. The Morgan fingerprint density at radius 2 is 2.10 bits per heavy atom. The fourth-order valence-corrected chi connectivity index (χ4v) is 2.35. The van der Waals surface area contributed by atoms with Crippen molar-refractivity contribution in [1.82, 2.24) is 4.90 Å². The summed E-state index contributed by atoms with van der Waals surface area (Å²) >= 11 is 0. The lowest BCUT2D eigenvalue weighted by atomic mass is 10.1. The fraction of sp³-hybridized carbons (Fsp3) is 0.625. The van der Waals surface area contributed by atoms with E-state index in [1.54, 1.807) is 19.2 Å². The summed E-state index contributed by atoms with van der Waals surface area (Å²) in [4.78, 5) is 13.2. The van der Waals surface area contributed by atoms with Gasteiger partial charge in [-0.3, -0.25) is 15.0 Å². The van der Waals surface area contributed by atoms with E-state index in [0.29, 0.717) is 11.7 Å². The van der Waals surface area contributed by atoms with Crippen molar-refractivity contribution in [3.05, 3.63) is 33.9 Å². The number of nitro benzene ring substituents is 1. The summed E-state index contributed by atoms with van der Waals surface area (Å²) in [6, 6.07) is 5.94. The van der Waals surface area contributed by atoms with E-state index in [1.165, 1.54) is 0 Å². The van der Waals surface area contributed by atoms with E-state index in [1.807, 2.05) is 6.07 Å². The van der Waals surface area contributed by atoms with Gasteiger partial charge in [-0.1, -0.05) is 26.3 Å². The van der Waals surface area contributed by atoms with Gasteiger partial charge in [-0.25, -0.2) is 0 Å². The molecule has 0 bridgehead atoms. The van der Waals surface area contributed by atoms with Crippen molar-refractivity contribution in [2.45, 2.75) is 52.6 Å². The molecular formula is C16H27N3O2. The summed E-state index contributed by atoms with van der Waals surface area (Å²) in [6.45, 7) is 8.37. The van der Waals surface area contributed by atoms with Gasteiger partial charge in [-0.2, -0.15) is 0 Å². The minimum absolute atomic E-state index is 0.148. The largest absolute Gasteiger partial charge is 0.383 e. The summed E-state index contributed by atoms with van der Waals surface area (Å²) < 4.78 is 0. The van der Waals surface area contributed by atoms with Crippen molar-refractivity contribution in [1.29, 1.82) is 0 Å². The zero-order chi connectivity index (χ0) is 15.8. The quantitative estimate of drug-likeness (QED) is 0.551. The number of anilines is 1. The molecule has 0 saturated heterocycles. The molecule has 0 amide bonds. The summed E-state index contributed by atoms with van der Waals surface area (Å²) in [5.41, 5.74) is 1.71. The van der Waals surface area contributed by atoms with Gasteiger partial charge in [0.15, 0.2) is 0 Å². The highest BCUT2D eigenvalue weighted by molar-refractivity contribution is 5.62. The molecule has 0 heterocycles. The average molecular weight is 293 g/mol. The van der Waals surface area contributed by atoms with E-state index in [2.05, 4.69) is 31.0 Å². The van der Waals surface area contributed by atoms with Gasteiger partial charge in [0, 0.05) is 25.7 Å². The van der Waals surface area contributed by atoms with Gasteiger partial charge in [0.05, 0.1) is 4.92 Å². The number of benzene rings is 1.